The fourth-order valence-electron chi connectivity index (χ4n) is 5.68. The van der Waals surface area contributed by atoms with Crippen LogP contribution in [0.3, 0.4) is 0 Å². The molecule has 12 heteroatoms. The number of carboxylic acid groups (broad SMARTS) is 1. The Morgan fingerprint density at radius 2 is 1.51 bits per heavy atom. The number of amides is 2. The average Bonchev–Trinajstić information content (AvgIpc) is 3.87. The van der Waals surface area contributed by atoms with E-state index in [1.807, 2.05) is 54.6 Å². The maximum Gasteiger partial charge on any atom is 0.326 e. The van der Waals surface area contributed by atoms with E-state index in [1.54, 1.807) is 18.5 Å². The second-order valence-corrected chi connectivity index (χ2v) is 15.2. The Balaban J connectivity index is 1.25. The van der Waals surface area contributed by atoms with Crippen LogP contribution < -0.4 is 15.4 Å². The molecular formula is C41H48N6O5S. The van der Waals surface area contributed by atoms with E-state index in [0.717, 1.165) is 39.3 Å². The quantitative estimate of drug-likeness (QED) is 0.0678. The van der Waals surface area contributed by atoms with E-state index in [1.165, 1.54) is 49.5 Å². The number of thiophene rings is 1. The SMILES string of the molecule is CCCCCCCOc1ccc(-c2cnc(-c3ccc(C[C@H](NC(=O)c4ccc(C(C)(C)C)s4)C(=O)N[C@@H](Cc4cnc[nH]4)C(=O)O)cc3)nc2)cc1. The van der Waals surface area contributed by atoms with E-state index < -0.39 is 29.9 Å². The van der Waals surface area contributed by atoms with Crippen LogP contribution in [0.5, 0.6) is 5.75 Å². The third-order valence-corrected chi connectivity index (χ3v) is 10.3. The number of rotatable bonds is 18. The maximum absolute atomic E-state index is 13.6. The van der Waals surface area contributed by atoms with Crippen LogP contribution in [0.2, 0.25) is 0 Å². The van der Waals surface area contributed by atoms with Gasteiger partial charge in [0.2, 0.25) is 5.91 Å². The van der Waals surface area contributed by atoms with Crippen molar-refractivity contribution in [2.24, 2.45) is 0 Å². The van der Waals surface area contributed by atoms with Gasteiger partial charge in [0.05, 0.1) is 17.8 Å². The van der Waals surface area contributed by atoms with Crippen molar-refractivity contribution in [1.29, 1.82) is 0 Å². The van der Waals surface area contributed by atoms with Gasteiger partial charge in [0.25, 0.3) is 5.91 Å². The molecule has 0 saturated carbocycles. The lowest BCUT2D eigenvalue weighted by Crippen LogP contribution is -2.53. The summed E-state index contributed by atoms with van der Waals surface area (Å²) >= 11 is 1.37. The first-order valence-corrected chi connectivity index (χ1v) is 18.9. The van der Waals surface area contributed by atoms with Crippen molar-refractivity contribution in [3.8, 4) is 28.3 Å². The van der Waals surface area contributed by atoms with Crippen molar-refractivity contribution >= 4 is 29.1 Å². The molecule has 0 radical (unpaired) electrons. The first-order valence-electron chi connectivity index (χ1n) is 18.1. The van der Waals surface area contributed by atoms with Crippen LogP contribution in [-0.4, -0.2) is 61.5 Å². The summed E-state index contributed by atoms with van der Waals surface area (Å²) in [6, 6.07) is 16.8. The molecule has 0 bridgehead atoms. The molecule has 2 amide bonds. The minimum absolute atomic E-state index is 0.00801. The van der Waals surface area contributed by atoms with Crippen molar-refractivity contribution < 1.29 is 24.2 Å². The molecule has 4 N–H and O–H groups in total. The summed E-state index contributed by atoms with van der Waals surface area (Å²) in [4.78, 5) is 56.6. The fraction of sp³-hybridized carbons (Fsp3) is 0.366. The number of aliphatic carboxylic acids is 1. The molecule has 0 unspecified atom stereocenters. The molecule has 3 heterocycles. The predicted molar refractivity (Wildman–Crippen MR) is 207 cm³/mol. The van der Waals surface area contributed by atoms with Crippen LogP contribution >= 0.6 is 11.3 Å². The monoisotopic (exact) mass is 736 g/mol. The summed E-state index contributed by atoms with van der Waals surface area (Å²) in [5.74, 6) is -0.824. The van der Waals surface area contributed by atoms with E-state index in [4.69, 9.17) is 4.74 Å². The first kappa shape index (κ1) is 38.9. The van der Waals surface area contributed by atoms with Gasteiger partial charge in [-0.05, 0) is 47.2 Å². The number of hydrogen-bond acceptors (Lipinski definition) is 8. The van der Waals surface area contributed by atoms with E-state index in [9.17, 15) is 19.5 Å². The largest absolute Gasteiger partial charge is 0.494 e. The predicted octanol–water partition coefficient (Wildman–Crippen LogP) is 7.40. The number of unbranched alkanes of at least 4 members (excludes halogenated alkanes) is 4. The standard InChI is InChI=1S/C41H48N6O5S/c1-5-6-7-8-9-20-52-32-16-14-28(15-17-32)30-23-43-37(44-24-30)29-12-10-27(11-13-29)21-33(46-39(49)35-18-19-36(53-35)41(2,3)4)38(48)47-34(40(50)51)22-31-25-42-26-45-31/h10-19,23-26,33-34H,5-9,20-22H2,1-4H3,(H,42,45)(H,46,49)(H,47,48)(H,50,51)/t33-,34-/m0/s1. The topological polar surface area (TPSA) is 159 Å². The fourth-order valence-corrected chi connectivity index (χ4v) is 6.65. The third-order valence-electron chi connectivity index (χ3n) is 8.79. The zero-order valence-corrected chi connectivity index (χ0v) is 31.5. The zero-order chi connectivity index (χ0) is 37.8. The molecule has 0 aliphatic heterocycles. The number of aromatic nitrogens is 4. The number of carbonyl (C=O) groups is 3. The molecule has 0 aliphatic carbocycles. The molecule has 0 aliphatic rings. The maximum atomic E-state index is 13.6. The molecule has 2 atom stereocenters. The minimum Gasteiger partial charge on any atom is -0.494 e. The van der Waals surface area contributed by atoms with Crippen molar-refractivity contribution in [2.45, 2.75) is 90.1 Å². The van der Waals surface area contributed by atoms with Gasteiger partial charge < -0.3 is 25.5 Å². The molecule has 0 saturated heterocycles. The summed E-state index contributed by atoms with van der Waals surface area (Å²) in [5.41, 5.74) is 3.83. The van der Waals surface area contributed by atoms with Gasteiger partial charge in [0.15, 0.2) is 5.82 Å². The summed E-state index contributed by atoms with van der Waals surface area (Å²) in [7, 11) is 0. The van der Waals surface area contributed by atoms with Gasteiger partial charge in [-0.25, -0.2) is 19.7 Å². The molecule has 3 aromatic heterocycles. The molecule has 5 aromatic rings. The molecule has 5 rings (SSSR count). The van der Waals surface area contributed by atoms with Crippen LogP contribution in [0.4, 0.5) is 0 Å². The Morgan fingerprint density at radius 3 is 2.13 bits per heavy atom. The molecule has 11 nitrogen and oxygen atoms in total. The van der Waals surface area contributed by atoms with Crippen molar-refractivity contribution in [3.05, 3.63) is 107 Å². The zero-order valence-electron chi connectivity index (χ0n) is 30.7. The Hall–Kier alpha value is -5.36. The molecule has 53 heavy (non-hydrogen) atoms. The highest BCUT2D eigenvalue weighted by atomic mass is 32.1. The summed E-state index contributed by atoms with van der Waals surface area (Å²) in [5, 5.41) is 15.3. The first-order chi connectivity index (χ1) is 25.5. The van der Waals surface area contributed by atoms with E-state index >= 15 is 0 Å². The van der Waals surface area contributed by atoms with Gasteiger partial charge in [-0.3, -0.25) is 9.59 Å². The van der Waals surface area contributed by atoms with Crippen LogP contribution in [-0.2, 0) is 27.8 Å². The summed E-state index contributed by atoms with van der Waals surface area (Å²) < 4.78 is 5.90. The molecule has 2 aromatic carbocycles. The van der Waals surface area contributed by atoms with E-state index in [-0.39, 0.29) is 18.3 Å². The van der Waals surface area contributed by atoms with Gasteiger partial charge in [0, 0.05) is 53.1 Å². The molecule has 278 valence electrons. The van der Waals surface area contributed by atoms with Crippen molar-refractivity contribution in [1.82, 2.24) is 30.6 Å². The number of H-pyrrole nitrogens is 1. The second-order valence-electron chi connectivity index (χ2n) is 14.1. The summed E-state index contributed by atoms with van der Waals surface area (Å²) in [6.07, 6.45) is 12.6. The lowest BCUT2D eigenvalue weighted by atomic mass is 9.95. The number of nitrogens with zero attached hydrogens (tertiary/aromatic N) is 3. The van der Waals surface area contributed by atoms with Gasteiger partial charge in [-0.1, -0.05) is 89.8 Å². The number of imidazole rings is 1. The number of carbonyl (C=O) groups excluding carboxylic acids is 2. The molecular weight excluding hydrogens is 689 g/mol. The normalized spacial score (nSPS) is 12.5. The lowest BCUT2D eigenvalue weighted by molar-refractivity contribution is -0.142. The second kappa shape index (κ2) is 18.4. The van der Waals surface area contributed by atoms with Gasteiger partial charge in [-0.2, -0.15) is 0 Å². The van der Waals surface area contributed by atoms with E-state index in [2.05, 4.69) is 58.3 Å². The lowest BCUT2D eigenvalue weighted by Gasteiger charge is -2.21. The number of benzene rings is 2. The van der Waals surface area contributed by atoms with Crippen LogP contribution in [0, 0.1) is 0 Å². The Labute approximate surface area is 314 Å². The third kappa shape index (κ3) is 11.3. The van der Waals surface area contributed by atoms with Gasteiger partial charge in [-0.15, -0.1) is 11.3 Å². The van der Waals surface area contributed by atoms with Crippen molar-refractivity contribution in [3.63, 3.8) is 0 Å². The highest BCUT2D eigenvalue weighted by Gasteiger charge is 2.29. The number of ether oxygens (including phenoxy) is 1. The Bertz CT molecular complexity index is 1920. The molecule has 0 spiro atoms. The summed E-state index contributed by atoms with van der Waals surface area (Å²) in [6.45, 7) is 9.13. The number of carboxylic acids is 1. The van der Waals surface area contributed by atoms with Crippen LogP contribution in [0.1, 0.15) is 85.6 Å². The highest BCUT2D eigenvalue weighted by molar-refractivity contribution is 7.14. The molecule has 0 fully saturated rings. The smallest absolute Gasteiger partial charge is 0.326 e. The minimum atomic E-state index is -1.23. The van der Waals surface area contributed by atoms with Gasteiger partial charge >= 0.3 is 5.97 Å². The number of hydrogen-bond donors (Lipinski definition) is 4. The Morgan fingerprint density at radius 1 is 0.811 bits per heavy atom. The van der Waals surface area contributed by atoms with Crippen LogP contribution in [0.15, 0.2) is 85.6 Å². The average molecular weight is 737 g/mol. The highest BCUT2D eigenvalue weighted by Crippen LogP contribution is 2.30. The number of nitrogens with one attached hydrogen (secondary N) is 3. The number of aromatic amines is 1. The van der Waals surface area contributed by atoms with Crippen molar-refractivity contribution in [2.75, 3.05) is 6.61 Å². The van der Waals surface area contributed by atoms with Crippen LogP contribution in [0.25, 0.3) is 22.5 Å². The van der Waals surface area contributed by atoms with Gasteiger partial charge in [0.1, 0.15) is 17.8 Å². The van der Waals surface area contributed by atoms with E-state index in [0.29, 0.717) is 23.0 Å². The Kier molecular flexibility index (Phi) is 13.5.